The Kier molecular flexibility index (Phi) is 3.02. The molecule has 0 bridgehead atoms. The summed E-state index contributed by atoms with van der Waals surface area (Å²) in [5, 5.41) is 4.73. The second-order valence-corrected chi connectivity index (χ2v) is 6.42. The molecule has 2 nitrogen and oxygen atoms in total. The van der Waals surface area contributed by atoms with Crippen LogP contribution in [0.2, 0.25) is 0 Å². The number of thiazole rings is 1. The summed E-state index contributed by atoms with van der Waals surface area (Å²) in [6, 6.07) is 17.1. The van der Waals surface area contributed by atoms with Crippen molar-refractivity contribution in [2.24, 2.45) is 0 Å². The van der Waals surface area contributed by atoms with E-state index in [4.69, 9.17) is 0 Å². The van der Waals surface area contributed by atoms with Gasteiger partial charge in [-0.3, -0.25) is 0 Å². The maximum Gasteiger partial charge on any atom is 0.108 e. The highest BCUT2D eigenvalue weighted by atomic mass is 32.1. The molecule has 1 atom stereocenters. The molecule has 0 radical (unpaired) electrons. The van der Waals surface area contributed by atoms with E-state index in [-0.39, 0.29) is 0 Å². The number of rotatable bonds is 4. The summed E-state index contributed by atoms with van der Waals surface area (Å²) in [5.74, 6) is 0.681. The van der Waals surface area contributed by atoms with Gasteiger partial charge >= 0.3 is 0 Å². The van der Waals surface area contributed by atoms with Crippen LogP contribution in [-0.2, 0) is 13.0 Å². The van der Waals surface area contributed by atoms with Crippen LogP contribution in [-0.4, -0.2) is 11.5 Å². The van der Waals surface area contributed by atoms with Gasteiger partial charge in [0.05, 0.1) is 10.2 Å². The van der Waals surface area contributed by atoms with Crippen molar-refractivity contribution in [1.29, 1.82) is 0 Å². The number of benzene rings is 2. The molecular weight excluding hydrogens is 264 g/mol. The van der Waals surface area contributed by atoms with Gasteiger partial charge in [0.25, 0.3) is 0 Å². The lowest BCUT2D eigenvalue weighted by Gasteiger charge is -2.30. The minimum atomic E-state index is 0.681. The van der Waals surface area contributed by atoms with Gasteiger partial charge in [0.1, 0.15) is 5.01 Å². The van der Waals surface area contributed by atoms with Gasteiger partial charge in [-0.25, -0.2) is 4.98 Å². The first-order valence-electron chi connectivity index (χ1n) is 7.03. The van der Waals surface area contributed by atoms with E-state index in [0.717, 1.165) is 18.6 Å². The van der Waals surface area contributed by atoms with Crippen molar-refractivity contribution < 1.29 is 0 Å². The monoisotopic (exact) mass is 280 g/mol. The highest BCUT2D eigenvalue weighted by Gasteiger charge is 2.24. The van der Waals surface area contributed by atoms with Crippen LogP contribution in [0.3, 0.4) is 0 Å². The normalized spacial score (nSPS) is 16.9. The molecule has 0 amide bonds. The Bertz CT molecular complexity index is 714. The lowest BCUT2D eigenvalue weighted by molar-refractivity contribution is 0.535. The van der Waals surface area contributed by atoms with E-state index in [1.165, 1.54) is 27.3 Å². The molecule has 1 unspecified atom stereocenters. The molecule has 1 heterocycles. The number of nitrogens with zero attached hydrogens (tertiary/aromatic N) is 1. The minimum Gasteiger partial charge on any atom is -0.310 e. The summed E-state index contributed by atoms with van der Waals surface area (Å²) in [6.45, 7) is 1.92. The van der Waals surface area contributed by atoms with Gasteiger partial charge in [0.2, 0.25) is 0 Å². The van der Waals surface area contributed by atoms with Gasteiger partial charge in [-0.2, -0.15) is 0 Å². The van der Waals surface area contributed by atoms with Crippen LogP contribution in [0.15, 0.2) is 48.5 Å². The van der Waals surface area contributed by atoms with E-state index in [9.17, 15) is 0 Å². The topological polar surface area (TPSA) is 24.9 Å². The quantitative estimate of drug-likeness (QED) is 0.787. The maximum absolute atomic E-state index is 4.65. The summed E-state index contributed by atoms with van der Waals surface area (Å²) in [4.78, 5) is 4.65. The van der Waals surface area contributed by atoms with Crippen LogP contribution in [0.25, 0.3) is 10.2 Å². The number of fused-ring (bicyclic) bond motifs is 2. The summed E-state index contributed by atoms with van der Waals surface area (Å²) in [6.07, 6.45) is 1.21. The number of para-hydroxylation sites is 1. The van der Waals surface area contributed by atoms with E-state index in [2.05, 4.69) is 52.8 Å². The Morgan fingerprint density at radius 3 is 2.85 bits per heavy atom. The van der Waals surface area contributed by atoms with Gasteiger partial charge in [-0.15, -0.1) is 11.3 Å². The van der Waals surface area contributed by atoms with E-state index in [0.29, 0.717) is 5.92 Å². The van der Waals surface area contributed by atoms with E-state index < -0.39 is 0 Å². The van der Waals surface area contributed by atoms with Crippen LogP contribution in [0, 0.1) is 0 Å². The molecule has 3 aromatic rings. The third-order valence-electron chi connectivity index (χ3n) is 3.97. The fourth-order valence-corrected chi connectivity index (χ4v) is 3.83. The zero-order valence-corrected chi connectivity index (χ0v) is 12.0. The third kappa shape index (κ3) is 2.13. The lowest BCUT2D eigenvalue weighted by Crippen LogP contribution is -2.28. The standard InChI is InChI=1S/C17H16N2S/c1-2-6-14-12(5-1)9-13(14)10-18-11-17-19-15-7-3-4-8-16(15)20-17/h1-8,13,18H,9-11H2. The molecular formula is C17H16N2S. The molecule has 0 saturated carbocycles. The van der Waals surface area contributed by atoms with Crippen LogP contribution in [0.5, 0.6) is 0 Å². The van der Waals surface area contributed by atoms with Gasteiger partial charge in [-0.05, 0) is 29.7 Å². The summed E-state index contributed by atoms with van der Waals surface area (Å²) in [5.41, 5.74) is 4.15. The van der Waals surface area contributed by atoms with Crippen LogP contribution in [0.1, 0.15) is 22.1 Å². The first-order chi connectivity index (χ1) is 9.90. The Morgan fingerprint density at radius 2 is 1.95 bits per heavy atom. The molecule has 0 aliphatic heterocycles. The zero-order valence-electron chi connectivity index (χ0n) is 11.2. The Morgan fingerprint density at radius 1 is 1.10 bits per heavy atom. The highest BCUT2D eigenvalue weighted by molar-refractivity contribution is 7.18. The van der Waals surface area contributed by atoms with Crippen LogP contribution >= 0.6 is 11.3 Å². The molecule has 4 rings (SSSR count). The average Bonchev–Trinajstić information content (AvgIpc) is 2.86. The molecule has 1 N–H and O–H groups in total. The molecule has 100 valence electrons. The van der Waals surface area contributed by atoms with E-state index >= 15 is 0 Å². The largest absolute Gasteiger partial charge is 0.310 e. The van der Waals surface area contributed by atoms with Crippen molar-refractivity contribution in [1.82, 2.24) is 10.3 Å². The number of aromatic nitrogens is 1. The molecule has 0 spiro atoms. The second kappa shape index (κ2) is 5.00. The molecule has 1 aromatic heterocycles. The Hall–Kier alpha value is -1.71. The number of nitrogens with one attached hydrogen (secondary N) is 1. The molecule has 3 heteroatoms. The Balaban J connectivity index is 1.37. The maximum atomic E-state index is 4.65. The molecule has 0 saturated heterocycles. The molecule has 0 fully saturated rings. The molecule has 1 aliphatic carbocycles. The predicted octanol–water partition coefficient (Wildman–Crippen LogP) is 3.73. The molecule has 2 aromatic carbocycles. The first kappa shape index (κ1) is 12.1. The lowest BCUT2D eigenvalue weighted by atomic mass is 9.78. The first-order valence-corrected chi connectivity index (χ1v) is 7.85. The van der Waals surface area contributed by atoms with Crippen LogP contribution < -0.4 is 5.32 Å². The van der Waals surface area contributed by atoms with Gasteiger partial charge in [-0.1, -0.05) is 36.4 Å². The predicted molar refractivity (Wildman–Crippen MR) is 84.2 cm³/mol. The van der Waals surface area contributed by atoms with E-state index in [1.807, 2.05) is 6.07 Å². The highest BCUT2D eigenvalue weighted by Crippen LogP contribution is 2.34. The van der Waals surface area contributed by atoms with Crippen molar-refractivity contribution in [3.05, 3.63) is 64.7 Å². The van der Waals surface area contributed by atoms with Crippen molar-refractivity contribution in [2.75, 3.05) is 6.54 Å². The summed E-state index contributed by atoms with van der Waals surface area (Å²) in [7, 11) is 0. The number of hydrogen-bond donors (Lipinski definition) is 1. The van der Waals surface area contributed by atoms with E-state index in [1.54, 1.807) is 11.3 Å². The fraction of sp³-hybridized carbons (Fsp3) is 0.235. The van der Waals surface area contributed by atoms with Crippen molar-refractivity contribution >= 4 is 21.6 Å². The van der Waals surface area contributed by atoms with Crippen molar-refractivity contribution in [3.8, 4) is 0 Å². The zero-order chi connectivity index (χ0) is 13.4. The van der Waals surface area contributed by atoms with Crippen molar-refractivity contribution in [3.63, 3.8) is 0 Å². The third-order valence-corrected chi connectivity index (χ3v) is 5.00. The van der Waals surface area contributed by atoms with Gasteiger partial charge in [0.15, 0.2) is 0 Å². The van der Waals surface area contributed by atoms with Gasteiger partial charge < -0.3 is 5.32 Å². The SMILES string of the molecule is c1ccc2c(c1)CC2CNCc1nc2ccccc2s1. The fourth-order valence-electron chi connectivity index (χ4n) is 2.89. The summed E-state index contributed by atoms with van der Waals surface area (Å²) >= 11 is 1.79. The van der Waals surface area contributed by atoms with Crippen LogP contribution in [0.4, 0.5) is 0 Å². The smallest absolute Gasteiger partial charge is 0.108 e. The average molecular weight is 280 g/mol. The van der Waals surface area contributed by atoms with Crippen molar-refractivity contribution in [2.45, 2.75) is 18.9 Å². The molecule has 20 heavy (non-hydrogen) atoms. The van der Waals surface area contributed by atoms with Gasteiger partial charge in [0, 0.05) is 19.0 Å². The second-order valence-electron chi connectivity index (χ2n) is 5.31. The molecule has 1 aliphatic rings. The Labute approximate surface area is 122 Å². The minimum absolute atomic E-state index is 0.681. The number of hydrogen-bond acceptors (Lipinski definition) is 3. The summed E-state index contributed by atoms with van der Waals surface area (Å²) < 4.78 is 1.28.